The molecule has 0 amide bonds. The highest BCUT2D eigenvalue weighted by atomic mass is 16.5. The van der Waals surface area contributed by atoms with E-state index in [1.54, 1.807) is 0 Å². The Morgan fingerprint density at radius 3 is 2.70 bits per heavy atom. The van der Waals surface area contributed by atoms with E-state index in [-0.39, 0.29) is 5.41 Å². The van der Waals surface area contributed by atoms with E-state index >= 15 is 0 Å². The highest BCUT2D eigenvalue weighted by molar-refractivity contribution is 5.81. The van der Waals surface area contributed by atoms with Gasteiger partial charge >= 0.3 is 0 Å². The molecule has 5 nitrogen and oxygen atoms in total. The minimum atomic E-state index is 0.213. The molecule has 3 aliphatic heterocycles. The van der Waals surface area contributed by atoms with Gasteiger partial charge in [-0.05, 0) is 38.8 Å². The van der Waals surface area contributed by atoms with Crippen LogP contribution in [0.4, 0.5) is 0 Å². The van der Waals surface area contributed by atoms with Crippen molar-refractivity contribution in [1.82, 2.24) is 15.1 Å². The first-order chi connectivity index (χ1) is 11.1. The molecule has 4 atom stereocenters. The Kier molecular flexibility index (Phi) is 4.04. The maximum atomic E-state index is 5.92. The molecule has 130 valence electrons. The van der Waals surface area contributed by atoms with Gasteiger partial charge in [0.25, 0.3) is 0 Å². The summed E-state index contributed by atoms with van der Waals surface area (Å²) in [6.07, 6.45) is 5.67. The second kappa shape index (κ2) is 5.92. The predicted molar refractivity (Wildman–Crippen MR) is 92.7 cm³/mol. The van der Waals surface area contributed by atoms with Crippen LogP contribution in [0.2, 0.25) is 0 Å². The summed E-state index contributed by atoms with van der Waals surface area (Å²) >= 11 is 0. The molecule has 0 bridgehead atoms. The number of likely N-dealkylation sites (tertiary alicyclic amines) is 2. The van der Waals surface area contributed by atoms with Crippen LogP contribution in [0.1, 0.15) is 39.5 Å². The third kappa shape index (κ3) is 2.56. The molecule has 3 saturated heterocycles. The Morgan fingerprint density at radius 2 is 1.96 bits per heavy atom. The van der Waals surface area contributed by atoms with Gasteiger partial charge in [0, 0.05) is 50.2 Å². The third-order valence-electron chi connectivity index (χ3n) is 6.72. The highest BCUT2D eigenvalue weighted by Gasteiger charge is 2.59. The number of rotatable bonds is 2. The summed E-state index contributed by atoms with van der Waals surface area (Å²) in [7, 11) is 1.93. The molecule has 0 aromatic rings. The lowest BCUT2D eigenvalue weighted by molar-refractivity contribution is -0.107. The van der Waals surface area contributed by atoms with Gasteiger partial charge < -0.3 is 15.0 Å². The van der Waals surface area contributed by atoms with Crippen molar-refractivity contribution in [3.8, 4) is 0 Å². The number of aliphatic imine (C=N–C) groups is 1. The van der Waals surface area contributed by atoms with Crippen LogP contribution in [0, 0.1) is 11.3 Å². The molecule has 1 N–H and O–H groups in total. The molecular formula is C18H32N4O. The molecule has 1 aliphatic carbocycles. The Bertz CT molecular complexity index is 472. The van der Waals surface area contributed by atoms with Crippen molar-refractivity contribution in [2.24, 2.45) is 16.3 Å². The van der Waals surface area contributed by atoms with Crippen molar-refractivity contribution in [3.05, 3.63) is 0 Å². The summed E-state index contributed by atoms with van der Waals surface area (Å²) in [6, 6.07) is 1.23. The molecule has 0 spiro atoms. The first-order valence-corrected chi connectivity index (χ1v) is 9.45. The van der Waals surface area contributed by atoms with Gasteiger partial charge in [-0.2, -0.15) is 0 Å². The van der Waals surface area contributed by atoms with Crippen LogP contribution in [0.5, 0.6) is 0 Å². The van der Waals surface area contributed by atoms with E-state index in [4.69, 9.17) is 4.74 Å². The van der Waals surface area contributed by atoms with Crippen molar-refractivity contribution in [1.29, 1.82) is 0 Å². The molecule has 3 heterocycles. The summed E-state index contributed by atoms with van der Waals surface area (Å²) < 4.78 is 5.92. The van der Waals surface area contributed by atoms with Gasteiger partial charge in [-0.1, -0.05) is 13.8 Å². The third-order valence-corrected chi connectivity index (χ3v) is 6.72. The molecule has 4 aliphatic rings. The number of hydrogen-bond acceptors (Lipinski definition) is 3. The summed E-state index contributed by atoms with van der Waals surface area (Å²) in [6.45, 7) is 10.5. The number of fused-ring (bicyclic) bond motifs is 1. The van der Waals surface area contributed by atoms with Crippen LogP contribution >= 0.6 is 0 Å². The van der Waals surface area contributed by atoms with E-state index in [1.165, 1.54) is 38.8 Å². The van der Waals surface area contributed by atoms with Crippen LogP contribution in [-0.4, -0.2) is 73.8 Å². The topological polar surface area (TPSA) is 40.1 Å². The zero-order valence-electron chi connectivity index (χ0n) is 14.9. The lowest BCUT2D eigenvalue weighted by Crippen LogP contribution is -2.68. The fraction of sp³-hybridized carbons (Fsp3) is 0.944. The number of nitrogens with one attached hydrogen (secondary N) is 1. The van der Waals surface area contributed by atoms with E-state index in [1.807, 2.05) is 7.05 Å². The lowest BCUT2D eigenvalue weighted by Gasteiger charge is -2.55. The highest BCUT2D eigenvalue weighted by Crippen LogP contribution is 2.52. The van der Waals surface area contributed by atoms with Crippen molar-refractivity contribution in [2.75, 3.05) is 39.8 Å². The smallest absolute Gasteiger partial charge is 0.193 e. The molecule has 4 fully saturated rings. The number of hydrogen-bond donors (Lipinski definition) is 1. The zero-order valence-corrected chi connectivity index (χ0v) is 14.9. The molecule has 0 radical (unpaired) electrons. The van der Waals surface area contributed by atoms with Crippen LogP contribution < -0.4 is 5.32 Å². The van der Waals surface area contributed by atoms with E-state index in [0.29, 0.717) is 18.1 Å². The van der Waals surface area contributed by atoms with Gasteiger partial charge in [0.15, 0.2) is 5.96 Å². The normalized spacial score (nSPS) is 40.3. The monoisotopic (exact) mass is 320 g/mol. The summed E-state index contributed by atoms with van der Waals surface area (Å²) in [5.74, 6) is 1.77. The van der Waals surface area contributed by atoms with E-state index in [0.717, 1.165) is 31.7 Å². The van der Waals surface area contributed by atoms with Gasteiger partial charge in [0.2, 0.25) is 0 Å². The minimum absolute atomic E-state index is 0.213. The van der Waals surface area contributed by atoms with E-state index in [9.17, 15) is 0 Å². The van der Waals surface area contributed by atoms with Crippen LogP contribution in [-0.2, 0) is 4.74 Å². The molecule has 5 heteroatoms. The van der Waals surface area contributed by atoms with Crippen LogP contribution in [0.15, 0.2) is 4.99 Å². The standard InChI is InChI=1S/C18H32N4O/c1-18(2)15(14-7-11-23-16(14)18)20-17(19-3)22-10-6-13(12-22)21-8-4-5-9-21/h13-16H,4-12H2,1-3H3,(H,19,20). The molecule has 1 saturated carbocycles. The molecular weight excluding hydrogens is 288 g/mol. The van der Waals surface area contributed by atoms with Crippen molar-refractivity contribution < 1.29 is 4.74 Å². The fourth-order valence-electron chi connectivity index (χ4n) is 5.39. The maximum Gasteiger partial charge on any atom is 0.193 e. The molecule has 4 unspecified atom stereocenters. The minimum Gasteiger partial charge on any atom is -0.377 e. The Labute approximate surface area is 140 Å². The van der Waals surface area contributed by atoms with Gasteiger partial charge in [-0.25, -0.2) is 0 Å². The van der Waals surface area contributed by atoms with Gasteiger partial charge in [-0.3, -0.25) is 9.89 Å². The fourth-order valence-corrected chi connectivity index (χ4v) is 5.39. The van der Waals surface area contributed by atoms with Crippen LogP contribution in [0.25, 0.3) is 0 Å². The number of guanidine groups is 1. The first kappa shape index (κ1) is 15.7. The molecule has 0 aromatic heterocycles. The molecule has 23 heavy (non-hydrogen) atoms. The second-order valence-corrected chi connectivity index (χ2v) is 8.37. The van der Waals surface area contributed by atoms with Crippen LogP contribution in [0.3, 0.4) is 0 Å². The second-order valence-electron chi connectivity index (χ2n) is 8.37. The van der Waals surface area contributed by atoms with Crippen molar-refractivity contribution >= 4 is 5.96 Å². The zero-order chi connectivity index (χ0) is 16.0. The lowest BCUT2D eigenvalue weighted by atomic mass is 9.57. The van der Waals surface area contributed by atoms with Crippen molar-refractivity contribution in [2.45, 2.75) is 57.7 Å². The Hall–Kier alpha value is -0.810. The average Bonchev–Trinajstić information content (AvgIpc) is 3.28. The largest absolute Gasteiger partial charge is 0.377 e. The van der Waals surface area contributed by atoms with E-state index in [2.05, 4.69) is 34.0 Å². The predicted octanol–water partition coefficient (Wildman–Crippen LogP) is 1.55. The van der Waals surface area contributed by atoms with Gasteiger partial charge in [-0.15, -0.1) is 0 Å². The Balaban J connectivity index is 1.38. The first-order valence-electron chi connectivity index (χ1n) is 9.45. The Morgan fingerprint density at radius 1 is 1.17 bits per heavy atom. The summed E-state index contributed by atoms with van der Waals surface area (Å²) in [4.78, 5) is 9.76. The summed E-state index contributed by atoms with van der Waals surface area (Å²) in [5, 5.41) is 3.80. The maximum absolute atomic E-state index is 5.92. The van der Waals surface area contributed by atoms with Gasteiger partial charge in [0.05, 0.1) is 6.10 Å². The van der Waals surface area contributed by atoms with Gasteiger partial charge in [0.1, 0.15) is 0 Å². The quantitative estimate of drug-likeness (QED) is 0.619. The average molecular weight is 320 g/mol. The number of ether oxygens (including phenoxy) is 1. The SMILES string of the molecule is CN=C(NC1C2CCOC2C1(C)C)N1CCC(N2CCCC2)C1. The molecule has 0 aromatic carbocycles. The van der Waals surface area contributed by atoms with Crippen molar-refractivity contribution in [3.63, 3.8) is 0 Å². The molecule has 4 rings (SSSR count). The number of nitrogens with zero attached hydrogens (tertiary/aromatic N) is 3. The summed E-state index contributed by atoms with van der Waals surface area (Å²) in [5.41, 5.74) is 0.213. The van der Waals surface area contributed by atoms with E-state index < -0.39 is 0 Å².